The number of methoxy groups -OCH3 is 2. The molecule has 5 aromatic carbocycles. The third-order valence-electron chi connectivity index (χ3n) is 7.31. The second-order valence-corrected chi connectivity index (χ2v) is 11.9. The van der Waals surface area contributed by atoms with Gasteiger partial charge in [-0.2, -0.15) is 0 Å². The molecule has 5 aromatic rings. The van der Waals surface area contributed by atoms with Crippen LogP contribution in [0, 0.1) is 0 Å². The Hall–Kier alpha value is -6.33. The average Bonchev–Trinajstić information content (AvgIpc) is 3.14. The summed E-state index contributed by atoms with van der Waals surface area (Å²) in [7, 11) is 3.03. The lowest BCUT2D eigenvalue weighted by atomic mass is 10.1. The highest BCUT2D eigenvalue weighted by Gasteiger charge is 2.23. The molecule has 11 heteroatoms. The van der Waals surface area contributed by atoms with Gasteiger partial charge < -0.3 is 30.5 Å². The van der Waals surface area contributed by atoms with Crippen LogP contribution in [0.15, 0.2) is 138 Å². The fourth-order valence-electron chi connectivity index (χ4n) is 4.87. The maximum absolute atomic E-state index is 13.7. The third-order valence-corrected chi connectivity index (χ3v) is 8.56. The topological polar surface area (TPSA) is 143 Å². The molecule has 252 valence electrons. The van der Waals surface area contributed by atoms with Gasteiger partial charge in [0.2, 0.25) is 5.91 Å². The van der Waals surface area contributed by atoms with E-state index in [0.717, 1.165) is 5.56 Å². The van der Waals surface area contributed by atoms with Crippen LogP contribution in [0.1, 0.15) is 37.1 Å². The minimum absolute atomic E-state index is 0.0192. The van der Waals surface area contributed by atoms with E-state index in [4.69, 9.17) is 9.47 Å². The van der Waals surface area contributed by atoms with E-state index in [1.165, 1.54) is 44.2 Å². The van der Waals surface area contributed by atoms with E-state index in [1.54, 1.807) is 78.9 Å². The molecule has 0 heterocycles. The molecule has 0 bridgehead atoms. The quantitative estimate of drug-likeness (QED) is 0.0747. The molecule has 5 rings (SSSR count). The van der Waals surface area contributed by atoms with Crippen molar-refractivity contribution in [2.45, 2.75) is 10.1 Å². The number of benzene rings is 5. The summed E-state index contributed by atoms with van der Waals surface area (Å²) in [6, 6.07) is 35.8. The van der Waals surface area contributed by atoms with Crippen LogP contribution in [0.2, 0.25) is 0 Å². The minimum Gasteiger partial charge on any atom is -0.493 e. The van der Waals surface area contributed by atoms with Crippen LogP contribution in [0.4, 0.5) is 11.4 Å². The molecule has 0 aliphatic heterocycles. The van der Waals surface area contributed by atoms with Crippen molar-refractivity contribution < 1.29 is 33.8 Å². The van der Waals surface area contributed by atoms with Crippen LogP contribution in [-0.4, -0.2) is 43.0 Å². The standard InChI is InChI=1S/C39H33N3O7S/c1-48-33-20-19-25(22-34(33)49-2)21-32(42-36(43)27-13-7-4-8-14-27)37(44)40-30-17-10-18-31(24-30)50-35(26-11-5-3-6-12-26)38(45)41-29-16-9-15-28(23-29)39(46)47/h3-24,35H,1-2H3,(H,40,44)(H,41,45)(H,42,43)(H,46,47)/b32-21+. The zero-order valence-corrected chi connectivity index (χ0v) is 27.9. The zero-order valence-electron chi connectivity index (χ0n) is 27.1. The highest BCUT2D eigenvalue weighted by molar-refractivity contribution is 8.00. The monoisotopic (exact) mass is 687 g/mol. The first-order valence-corrected chi connectivity index (χ1v) is 16.2. The fraction of sp³-hybridized carbons (Fsp3) is 0.0769. The smallest absolute Gasteiger partial charge is 0.335 e. The molecule has 0 aliphatic carbocycles. The number of carboxylic acids is 1. The molecule has 0 aromatic heterocycles. The van der Waals surface area contributed by atoms with Crippen molar-refractivity contribution in [3.8, 4) is 11.5 Å². The number of rotatable bonds is 13. The molecule has 0 aliphatic rings. The predicted octanol–water partition coefficient (Wildman–Crippen LogP) is 7.28. The zero-order chi connectivity index (χ0) is 35.5. The van der Waals surface area contributed by atoms with Gasteiger partial charge >= 0.3 is 5.97 Å². The SMILES string of the molecule is COc1ccc(/C=C(/NC(=O)c2ccccc2)C(=O)Nc2cccc(SC(C(=O)Nc3cccc(C(=O)O)c3)c3ccccc3)c2)cc1OC. The number of carbonyl (C=O) groups excluding carboxylic acids is 3. The molecular formula is C39H33N3O7S. The number of aromatic carboxylic acids is 1. The fourth-order valence-corrected chi connectivity index (χ4v) is 5.96. The highest BCUT2D eigenvalue weighted by atomic mass is 32.2. The Bertz CT molecular complexity index is 2030. The molecule has 50 heavy (non-hydrogen) atoms. The van der Waals surface area contributed by atoms with Crippen molar-refractivity contribution in [1.29, 1.82) is 0 Å². The lowest BCUT2D eigenvalue weighted by molar-refractivity contribution is -0.116. The largest absolute Gasteiger partial charge is 0.493 e. The Morgan fingerprint density at radius 2 is 1.32 bits per heavy atom. The van der Waals surface area contributed by atoms with E-state index in [9.17, 15) is 24.3 Å². The molecule has 0 radical (unpaired) electrons. The van der Waals surface area contributed by atoms with Crippen molar-refractivity contribution in [2.75, 3.05) is 24.9 Å². The molecule has 10 nitrogen and oxygen atoms in total. The maximum atomic E-state index is 13.7. The van der Waals surface area contributed by atoms with E-state index in [1.807, 2.05) is 36.4 Å². The maximum Gasteiger partial charge on any atom is 0.335 e. The Kier molecular flexibility index (Phi) is 11.7. The van der Waals surface area contributed by atoms with E-state index in [-0.39, 0.29) is 17.2 Å². The first kappa shape index (κ1) is 35.0. The van der Waals surface area contributed by atoms with E-state index in [2.05, 4.69) is 16.0 Å². The average molecular weight is 688 g/mol. The van der Waals surface area contributed by atoms with Gasteiger partial charge in [-0.1, -0.05) is 66.7 Å². The van der Waals surface area contributed by atoms with Gasteiger partial charge in [-0.25, -0.2) is 4.79 Å². The van der Waals surface area contributed by atoms with Crippen LogP contribution >= 0.6 is 11.8 Å². The van der Waals surface area contributed by atoms with Gasteiger partial charge in [0.1, 0.15) is 10.9 Å². The number of hydrogen-bond donors (Lipinski definition) is 4. The second-order valence-electron chi connectivity index (χ2n) is 10.8. The van der Waals surface area contributed by atoms with Crippen LogP contribution < -0.4 is 25.4 Å². The first-order chi connectivity index (χ1) is 24.2. The molecule has 0 fully saturated rings. The number of anilines is 2. The summed E-state index contributed by atoms with van der Waals surface area (Å²) in [6.07, 6.45) is 1.53. The number of ether oxygens (including phenoxy) is 2. The van der Waals surface area contributed by atoms with Crippen molar-refractivity contribution in [3.05, 3.63) is 155 Å². The van der Waals surface area contributed by atoms with E-state index < -0.39 is 23.0 Å². The molecular weight excluding hydrogens is 655 g/mol. The summed E-state index contributed by atoms with van der Waals surface area (Å²) < 4.78 is 10.7. The predicted molar refractivity (Wildman–Crippen MR) is 194 cm³/mol. The van der Waals surface area contributed by atoms with Crippen molar-refractivity contribution in [3.63, 3.8) is 0 Å². The number of amides is 3. The van der Waals surface area contributed by atoms with E-state index in [0.29, 0.717) is 38.9 Å². The Labute approximate surface area is 293 Å². The van der Waals surface area contributed by atoms with Crippen molar-refractivity contribution >= 4 is 52.9 Å². The van der Waals surface area contributed by atoms with Gasteiger partial charge in [-0.3, -0.25) is 14.4 Å². The summed E-state index contributed by atoms with van der Waals surface area (Å²) in [4.78, 5) is 52.6. The van der Waals surface area contributed by atoms with Gasteiger partial charge in [-0.15, -0.1) is 11.8 Å². The molecule has 1 unspecified atom stereocenters. The first-order valence-electron chi connectivity index (χ1n) is 15.3. The third kappa shape index (κ3) is 9.18. The number of carboxylic acid groups (broad SMARTS) is 1. The summed E-state index contributed by atoms with van der Waals surface area (Å²) >= 11 is 1.26. The van der Waals surface area contributed by atoms with Crippen LogP contribution in [0.25, 0.3) is 6.08 Å². The molecule has 0 saturated carbocycles. The number of nitrogens with one attached hydrogen (secondary N) is 3. The molecule has 3 amide bonds. The number of thioether (sulfide) groups is 1. The van der Waals surface area contributed by atoms with Crippen molar-refractivity contribution in [2.24, 2.45) is 0 Å². The highest BCUT2D eigenvalue weighted by Crippen LogP contribution is 2.37. The van der Waals surface area contributed by atoms with Crippen molar-refractivity contribution in [1.82, 2.24) is 5.32 Å². The molecule has 4 N–H and O–H groups in total. The Balaban J connectivity index is 1.40. The Morgan fingerprint density at radius 1 is 0.680 bits per heavy atom. The molecule has 0 saturated heterocycles. The minimum atomic E-state index is -1.10. The van der Waals surface area contributed by atoms with Crippen LogP contribution in [-0.2, 0) is 9.59 Å². The normalized spacial score (nSPS) is 11.5. The lowest BCUT2D eigenvalue weighted by Gasteiger charge is -2.18. The van der Waals surface area contributed by atoms with E-state index >= 15 is 0 Å². The summed E-state index contributed by atoms with van der Waals surface area (Å²) in [6.45, 7) is 0. The van der Waals surface area contributed by atoms with Gasteiger partial charge in [0, 0.05) is 21.8 Å². The summed E-state index contributed by atoms with van der Waals surface area (Å²) in [5, 5.41) is 17.1. The summed E-state index contributed by atoms with van der Waals surface area (Å²) in [5.74, 6) is -1.55. The van der Waals surface area contributed by atoms with Gasteiger partial charge in [-0.05, 0) is 77.9 Å². The van der Waals surface area contributed by atoms with Crippen LogP contribution in [0.3, 0.4) is 0 Å². The van der Waals surface area contributed by atoms with Crippen LogP contribution in [0.5, 0.6) is 11.5 Å². The second kappa shape index (κ2) is 16.7. The van der Waals surface area contributed by atoms with Gasteiger partial charge in [0.15, 0.2) is 11.5 Å². The molecule has 1 atom stereocenters. The lowest BCUT2D eigenvalue weighted by Crippen LogP contribution is -2.30. The van der Waals surface area contributed by atoms with Gasteiger partial charge in [0.05, 0.1) is 19.8 Å². The Morgan fingerprint density at radius 3 is 2.00 bits per heavy atom. The molecule has 0 spiro atoms. The number of hydrogen-bond acceptors (Lipinski definition) is 7. The van der Waals surface area contributed by atoms with Gasteiger partial charge in [0.25, 0.3) is 11.8 Å². The number of carbonyl (C=O) groups is 4. The summed E-state index contributed by atoms with van der Waals surface area (Å²) in [5.41, 5.74) is 2.48.